The number of amides is 1. The third kappa shape index (κ3) is 21.3. The minimum Gasteiger partial charge on any atom is -0.370 e. The van der Waals surface area contributed by atoms with Crippen molar-refractivity contribution >= 4 is 5.91 Å². The lowest BCUT2D eigenvalue weighted by atomic mass is 10.1. The summed E-state index contributed by atoms with van der Waals surface area (Å²) in [5.74, 6) is -0.159. The Labute approximate surface area is 107 Å². The van der Waals surface area contributed by atoms with E-state index < -0.39 is 0 Å². The highest BCUT2D eigenvalue weighted by Crippen LogP contribution is 2.10. The molecule has 0 radical (unpaired) electrons. The Hall–Kier alpha value is -0.570. The van der Waals surface area contributed by atoms with Gasteiger partial charge < -0.3 is 11.1 Å². The van der Waals surface area contributed by atoms with E-state index >= 15 is 0 Å². The predicted octanol–water partition coefficient (Wildman–Crippen LogP) is 2.98. The van der Waals surface area contributed by atoms with E-state index in [1.165, 1.54) is 58.0 Å². The summed E-state index contributed by atoms with van der Waals surface area (Å²) in [4.78, 5) is 10.4. The molecular formula is C14H30N2O. The van der Waals surface area contributed by atoms with Crippen LogP contribution in [0.4, 0.5) is 0 Å². The highest BCUT2D eigenvalue weighted by atomic mass is 16.1. The van der Waals surface area contributed by atoms with Crippen molar-refractivity contribution < 1.29 is 4.79 Å². The normalized spacial score (nSPS) is 12.8. The maximum atomic E-state index is 10.4. The van der Waals surface area contributed by atoms with E-state index in [0.717, 1.165) is 12.8 Å². The van der Waals surface area contributed by atoms with Gasteiger partial charge in [-0.3, -0.25) is 4.79 Å². The minimum atomic E-state index is -0.159. The van der Waals surface area contributed by atoms with Gasteiger partial charge in [0.15, 0.2) is 0 Å². The maximum absolute atomic E-state index is 10.4. The monoisotopic (exact) mass is 242 g/mol. The lowest BCUT2D eigenvalue weighted by Crippen LogP contribution is -2.09. The topological polar surface area (TPSA) is 65.0 Å². The molecule has 17 heavy (non-hydrogen) atoms. The van der Waals surface area contributed by atoms with Gasteiger partial charge in [-0.2, -0.15) is 0 Å². The van der Waals surface area contributed by atoms with E-state index in [1.54, 1.807) is 0 Å². The van der Waals surface area contributed by atoms with Gasteiger partial charge in [-0.15, -0.1) is 0 Å². The summed E-state index contributed by atoms with van der Waals surface area (Å²) in [7, 11) is 0. The number of primary amides is 1. The van der Waals surface area contributed by atoms with Crippen molar-refractivity contribution in [3.05, 3.63) is 0 Å². The maximum Gasteiger partial charge on any atom is 0.217 e. The number of hydrogen-bond donors (Lipinski definition) is 2. The third-order valence-corrected chi connectivity index (χ3v) is 2.78. The average Bonchev–Trinajstić information content (AvgIpc) is 3.14. The molecular weight excluding hydrogens is 212 g/mol. The summed E-state index contributed by atoms with van der Waals surface area (Å²) in [6, 6.07) is 0. The molecule has 1 heterocycles. The summed E-state index contributed by atoms with van der Waals surface area (Å²) in [6.07, 6.45) is 12.1. The Morgan fingerprint density at radius 2 is 1.35 bits per heavy atom. The number of nitrogens with two attached hydrogens (primary N) is 1. The van der Waals surface area contributed by atoms with Gasteiger partial charge in [0.2, 0.25) is 5.91 Å². The van der Waals surface area contributed by atoms with Crippen molar-refractivity contribution in [1.29, 1.82) is 0 Å². The molecule has 1 aliphatic rings. The zero-order valence-electron chi connectivity index (χ0n) is 11.5. The van der Waals surface area contributed by atoms with Crippen LogP contribution in [-0.4, -0.2) is 19.0 Å². The average molecular weight is 242 g/mol. The lowest BCUT2D eigenvalue weighted by Gasteiger charge is -2.00. The van der Waals surface area contributed by atoms with Crippen LogP contribution in [0.2, 0.25) is 0 Å². The van der Waals surface area contributed by atoms with Gasteiger partial charge in [0.25, 0.3) is 0 Å². The number of rotatable bonds is 10. The molecule has 3 nitrogen and oxygen atoms in total. The SMILES string of the molecule is C1CN1.CCCCCCCCCCCC(N)=O. The first-order valence-corrected chi connectivity index (χ1v) is 7.26. The second-order valence-electron chi connectivity index (χ2n) is 4.79. The van der Waals surface area contributed by atoms with Crippen LogP contribution >= 0.6 is 0 Å². The van der Waals surface area contributed by atoms with Crippen LogP contribution in [0.1, 0.15) is 71.1 Å². The molecule has 0 unspecified atom stereocenters. The number of hydrogen-bond acceptors (Lipinski definition) is 2. The lowest BCUT2D eigenvalue weighted by molar-refractivity contribution is -0.118. The zero-order chi connectivity index (χ0) is 12.8. The van der Waals surface area contributed by atoms with Crippen molar-refractivity contribution in [2.24, 2.45) is 5.73 Å². The quantitative estimate of drug-likeness (QED) is 0.457. The van der Waals surface area contributed by atoms with Crippen LogP contribution in [0.3, 0.4) is 0 Å². The number of carbonyl (C=O) groups excluding carboxylic acids is 1. The molecule has 0 aromatic carbocycles. The standard InChI is InChI=1S/C12H25NO.C2H5N/c1-2-3-4-5-6-7-8-9-10-11-12(13)14;1-2-3-1/h2-11H2,1H3,(H2,13,14);3H,1-2H2. The molecule has 0 aromatic heterocycles. The molecule has 0 atom stereocenters. The van der Waals surface area contributed by atoms with Crippen LogP contribution in [0.15, 0.2) is 0 Å². The van der Waals surface area contributed by atoms with Crippen molar-refractivity contribution in [2.45, 2.75) is 71.1 Å². The van der Waals surface area contributed by atoms with Gasteiger partial charge >= 0.3 is 0 Å². The van der Waals surface area contributed by atoms with Gasteiger partial charge in [-0.25, -0.2) is 0 Å². The fourth-order valence-electron chi connectivity index (χ4n) is 1.61. The molecule has 0 aromatic rings. The predicted molar refractivity (Wildman–Crippen MR) is 73.9 cm³/mol. The van der Waals surface area contributed by atoms with Crippen molar-refractivity contribution in [1.82, 2.24) is 5.32 Å². The van der Waals surface area contributed by atoms with E-state index in [1.807, 2.05) is 0 Å². The van der Waals surface area contributed by atoms with Crippen LogP contribution in [0.25, 0.3) is 0 Å². The summed E-state index contributed by atoms with van der Waals surface area (Å²) in [6.45, 7) is 4.74. The smallest absolute Gasteiger partial charge is 0.217 e. The van der Waals surface area contributed by atoms with E-state index in [9.17, 15) is 4.79 Å². The molecule has 1 rings (SSSR count). The molecule has 3 N–H and O–H groups in total. The number of unbranched alkanes of at least 4 members (excludes halogenated alkanes) is 8. The Bertz CT molecular complexity index is 167. The zero-order valence-corrected chi connectivity index (χ0v) is 11.5. The van der Waals surface area contributed by atoms with Gasteiger partial charge in [-0.1, -0.05) is 58.3 Å². The highest BCUT2D eigenvalue weighted by Gasteiger charge is 1.94. The van der Waals surface area contributed by atoms with E-state index in [-0.39, 0.29) is 5.91 Å². The van der Waals surface area contributed by atoms with Crippen LogP contribution in [0, 0.1) is 0 Å². The van der Waals surface area contributed by atoms with Gasteiger partial charge in [0, 0.05) is 19.5 Å². The fraction of sp³-hybridized carbons (Fsp3) is 0.929. The Morgan fingerprint density at radius 1 is 0.941 bits per heavy atom. The molecule has 0 spiro atoms. The van der Waals surface area contributed by atoms with E-state index in [2.05, 4.69) is 12.2 Å². The summed E-state index contributed by atoms with van der Waals surface area (Å²) >= 11 is 0. The molecule has 1 saturated heterocycles. The third-order valence-electron chi connectivity index (χ3n) is 2.78. The van der Waals surface area contributed by atoms with Crippen LogP contribution < -0.4 is 11.1 Å². The number of carbonyl (C=O) groups is 1. The van der Waals surface area contributed by atoms with Gasteiger partial charge in [0.1, 0.15) is 0 Å². The Kier molecular flexibility index (Phi) is 13.0. The second-order valence-corrected chi connectivity index (χ2v) is 4.79. The van der Waals surface area contributed by atoms with Crippen molar-refractivity contribution in [3.63, 3.8) is 0 Å². The first-order valence-electron chi connectivity index (χ1n) is 7.26. The molecule has 102 valence electrons. The Balaban J connectivity index is 0.000000728. The number of nitrogens with one attached hydrogen (secondary N) is 1. The molecule has 1 aliphatic heterocycles. The highest BCUT2D eigenvalue weighted by molar-refractivity contribution is 5.73. The van der Waals surface area contributed by atoms with E-state index in [0.29, 0.717) is 6.42 Å². The van der Waals surface area contributed by atoms with Gasteiger partial charge in [0.05, 0.1) is 0 Å². The first-order chi connectivity index (χ1) is 8.27. The first kappa shape index (κ1) is 16.4. The van der Waals surface area contributed by atoms with Gasteiger partial charge in [-0.05, 0) is 6.42 Å². The second kappa shape index (κ2) is 13.5. The molecule has 1 amide bonds. The van der Waals surface area contributed by atoms with Crippen molar-refractivity contribution in [3.8, 4) is 0 Å². The summed E-state index contributed by atoms with van der Waals surface area (Å²) in [5, 5.41) is 3.00. The van der Waals surface area contributed by atoms with Crippen LogP contribution in [-0.2, 0) is 4.79 Å². The largest absolute Gasteiger partial charge is 0.370 e. The molecule has 0 saturated carbocycles. The molecule has 0 bridgehead atoms. The Morgan fingerprint density at radius 3 is 1.71 bits per heavy atom. The molecule has 0 aliphatic carbocycles. The molecule has 3 heteroatoms. The minimum absolute atomic E-state index is 0.159. The molecule has 1 fully saturated rings. The summed E-state index contributed by atoms with van der Waals surface area (Å²) in [5.41, 5.74) is 5.05. The fourth-order valence-corrected chi connectivity index (χ4v) is 1.61. The van der Waals surface area contributed by atoms with Crippen LogP contribution in [0.5, 0.6) is 0 Å². The van der Waals surface area contributed by atoms with E-state index in [4.69, 9.17) is 5.73 Å². The summed E-state index contributed by atoms with van der Waals surface area (Å²) < 4.78 is 0. The van der Waals surface area contributed by atoms with Crippen molar-refractivity contribution in [2.75, 3.05) is 13.1 Å².